The fourth-order valence-electron chi connectivity index (χ4n) is 2.69. The Morgan fingerprint density at radius 3 is 2.80 bits per heavy atom. The molecule has 4 heteroatoms. The minimum Gasteiger partial charge on any atom is -0.493 e. The van der Waals surface area contributed by atoms with Crippen LogP contribution in [0.15, 0.2) is 24.3 Å². The summed E-state index contributed by atoms with van der Waals surface area (Å²) in [5, 5.41) is 10.3. The van der Waals surface area contributed by atoms with Gasteiger partial charge in [-0.1, -0.05) is 17.7 Å². The van der Waals surface area contributed by atoms with E-state index in [1.807, 2.05) is 31.2 Å². The van der Waals surface area contributed by atoms with E-state index in [4.69, 9.17) is 16.3 Å². The molecule has 1 aliphatic rings. The zero-order valence-corrected chi connectivity index (χ0v) is 12.9. The summed E-state index contributed by atoms with van der Waals surface area (Å²) in [6.07, 6.45) is 3.06. The van der Waals surface area contributed by atoms with E-state index in [-0.39, 0.29) is 6.10 Å². The number of likely N-dealkylation sites (tertiary alicyclic amines) is 1. The van der Waals surface area contributed by atoms with Crippen LogP contribution < -0.4 is 4.74 Å². The quantitative estimate of drug-likeness (QED) is 0.819. The van der Waals surface area contributed by atoms with Crippen molar-refractivity contribution in [3.05, 3.63) is 29.3 Å². The number of rotatable bonds is 6. The van der Waals surface area contributed by atoms with Gasteiger partial charge in [0.05, 0.1) is 12.7 Å². The highest BCUT2D eigenvalue weighted by Gasteiger charge is 2.21. The molecule has 0 amide bonds. The van der Waals surface area contributed by atoms with Crippen LogP contribution in [0.1, 0.15) is 26.2 Å². The van der Waals surface area contributed by atoms with Gasteiger partial charge in [0.1, 0.15) is 5.75 Å². The van der Waals surface area contributed by atoms with Gasteiger partial charge < -0.3 is 14.7 Å². The molecule has 112 valence electrons. The van der Waals surface area contributed by atoms with Crippen molar-refractivity contribution >= 4 is 11.6 Å². The Morgan fingerprint density at radius 1 is 1.40 bits per heavy atom. The van der Waals surface area contributed by atoms with E-state index in [0.29, 0.717) is 10.9 Å². The van der Waals surface area contributed by atoms with Gasteiger partial charge in [0, 0.05) is 11.6 Å². The van der Waals surface area contributed by atoms with Gasteiger partial charge in [0.15, 0.2) is 0 Å². The van der Waals surface area contributed by atoms with Crippen molar-refractivity contribution in [1.82, 2.24) is 4.90 Å². The second-order valence-corrected chi connectivity index (χ2v) is 6.02. The lowest BCUT2D eigenvalue weighted by molar-refractivity contribution is 0.0701. The fourth-order valence-corrected chi connectivity index (χ4v) is 2.87. The molecule has 1 aromatic rings. The lowest BCUT2D eigenvalue weighted by Crippen LogP contribution is -2.37. The minimum atomic E-state index is -0.164. The van der Waals surface area contributed by atoms with Crippen molar-refractivity contribution in [3.63, 3.8) is 0 Å². The molecule has 1 unspecified atom stereocenters. The summed E-state index contributed by atoms with van der Waals surface area (Å²) in [6, 6.07) is 7.52. The Bertz CT molecular complexity index is 403. The first kappa shape index (κ1) is 15.6. The zero-order chi connectivity index (χ0) is 14.4. The van der Waals surface area contributed by atoms with Crippen molar-refractivity contribution in [2.45, 2.75) is 32.3 Å². The van der Waals surface area contributed by atoms with Gasteiger partial charge in [-0.05, 0) is 63.4 Å². The second-order valence-electron chi connectivity index (χ2n) is 5.58. The molecule has 0 bridgehead atoms. The first-order valence-corrected chi connectivity index (χ1v) is 7.82. The maximum atomic E-state index is 9.58. The number of aliphatic hydroxyl groups is 1. The third kappa shape index (κ3) is 4.97. The second kappa shape index (κ2) is 7.87. The molecular formula is C16H24ClNO2. The van der Waals surface area contributed by atoms with Gasteiger partial charge in [0.2, 0.25) is 0 Å². The van der Waals surface area contributed by atoms with E-state index in [2.05, 4.69) is 4.90 Å². The molecule has 1 fully saturated rings. The van der Waals surface area contributed by atoms with E-state index >= 15 is 0 Å². The molecule has 1 saturated heterocycles. The summed E-state index contributed by atoms with van der Waals surface area (Å²) < 4.78 is 5.69. The van der Waals surface area contributed by atoms with Gasteiger partial charge in [-0.25, -0.2) is 0 Å². The lowest BCUT2D eigenvalue weighted by Gasteiger charge is -2.33. The van der Waals surface area contributed by atoms with E-state index in [1.165, 1.54) is 0 Å². The largest absolute Gasteiger partial charge is 0.493 e. The molecule has 3 nitrogen and oxygen atoms in total. The summed E-state index contributed by atoms with van der Waals surface area (Å²) in [4.78, 5) is 2.46. The smallest absolute Gasteiger partial charge is 0.120 e. The highest BCUT2D eigenvalue weighted by atomic mass is 35.5. The predicted molar refractivity (Wildman–Crippen MR) is 82.4 cm³/mol. The number of benzene rings is 1. The third-order valence-electron chi connectivity index (χ3n) is 4.00. The van der Waals surface area contributed by atoms with Gasteiger partial charge in [-0.3, -0.25) is 0 Å². The van der Waals surface area contributed by atoms with Crippen molar-refractivity contribution in [2.24, 2.45) is 5.92 Å². The van der Waals surface area contributed by atoms with Crippen molar-refractivity contribution < 1.29 is 9.84 Å². The molecule has 1 aliphatic heterocycles. The minimum absolute atomic E-state index is 0.164. The number of hydrogen-bond donors (Lipinski definition) is 1. The molecule has 1 N–H and O–H groups in total. The van der Waals surface area contributed by atoms with E-state index < -0.39 is 0 Å². The molecule has 1 atom stereocenters. The third-order valence-corrected chi connectivity index (χ3v) is 4.23. The first-order valence-electron chi connectivity index (χ1n) is 7.44. The maximum absolute atomic E-state index is 9.58. The number of piperidine rings is 1. The number of halogens is 1. The maximum Gasteiger partial charge on any atom is 0.120 e. The molecule has 0 radical (unpaired) electrons. The molecule has 0 aromatic heterocycles. The van der Waals surface area contributed by atoms with Crippen LogP contribution in [-0.2, 0) is 0 Å². The van der Waals surface area contributed by atoms with Crippen LogP contribution in [0, 0.1) is 5.92 Å². The normalized spacial score (nSPS) is 18.9. The Balaban J connectivity index is 1.60. The molecule has 2 rings (SSSR count). The zero-order valence-electron chi connectivity index (χ0n) is 12.1. The van der Waals surface area contributed by atoms with Crippen LogP contribution in [0.5, 0.6) is 5.75 Å². The summed E-state index contributed by atoms with van der Waals surface area (Å²) in [5.74, 6) is 1.32. The summed E-state index contributed by atoms with van der Waals surface area (Å²) >= 11 is 5.91. The number of ether oxygens (including phenoxy) is 1. The molecule has 0 saturated carbocycles. The van der Waals surface area contributed by atoms with E-state index in [1.54, 1.807) is 0 Å². The highest BCUT2D eigenvalue weighted by Crippen LogP contribution is 2.21. The lowest BCUT2D eigenvalue weighted by atomic mass is 9.92. The van der Waals surface area contributed by atoms with Crippen molar-refractivity contribution in [2.75, 3.05) is 26.2 Å². The summed E-state index contributed by atoms with van der Waals surface area (Å²) in [7, 11) is 0. The monoisotopic (exact) mass is 297 g/mol. The van der Waals surface area contributed by atoms with Crippen LogP contribution in [0.2, 0.25) is 5.02 Å². The van der Waals surface area contributed by atoms with Gasteiger partial charge in [0.25, 0.3) is 0 Å². The average molecular weight is 298 g/mol. The standard InChI is InChI=1S/C16H24ClNO2/c1-13(19)14-6-9-18(10-7-14)8-3-11-20-16-5-2-4-15(17)12-16/h2,4-5,12-14,19H,3,6-11H2,1H3. The van der Waals surface area contributed by atoms with Crippen molar-refractivity contribution in [1.29, 1.82) is 0 Å². The number of hydrogen-bond acceptors (Lipinski definition) is 3. The van der Waals surface area contributed by atoms with Crippen LogP contribution in [0.4, 0.5) is 0 Å². The Labute approximate surface area is 126 Å². The predicted octanol–water partition coefficient (Wildman–Crippen LogP) is 3.20. The fraction of sp³-hybridized carbons (Fsp3) is 0.625. The Hall–Kier alpha value is -0.770. The Morgan fingerprint density at radius 2 is 2.15 bits per heavy atom. The average Bonchev–Trinajstić information content (AvgIpc) is 2.44. The molecule has 0 aliphatic carbocycles. The molecular weight excluding hydrogens is 274 g/mol. The number of aliphatic hydroxyl groups excluding tert-OH is 1. The molecule has 20 heavy (non-hydrogen) atoms. The first-order chi connectivity index (χ1) is 9.65. The highest BCUT2D eigenvalue weighted by molar-refractivity contribution is 6.30. The molecule has 1 heterocycles. The van der Waals surface area contributed by atoms with Crippen LogP contribution in [0.25, 0.3) is 0 Å². The number of nitrogens with zero attached hydrogens (tertiary/aromatic N) is 1. The Kier molecular flexibility index (Phi) is 6.14. The van der Waals surface area contributed by atoms with Crippen molar-refractivity contribution in [3.8, 4) is 5.75 Å². The molecule has 1 aromatic carbocycles. The van der Waals surface area contributed by atoms with Crippen LogP contribution in [0.3, 0.4) is 0 Å². The molecule has 0 spiro atoms. The summed E-state index contributed by atoms with van der Waals surface area (Å²) in [6.45, 7) is 5.86. The van der Waals surface area contributed by atoms with Gasteiger partial charge in [-0.15, -0.1) is 0 Å². The van der Waals surface area contributed by atoms with E-state index in [9.17, 15) is 5.11 Å². The van der Waals surface area contributed by atoms with Crippen LogP contribution >= 0.6 is 11.6 Å². The van der Waals surface area contributed by atoms with Crippen LogP contribution in [-0.4, -0.2) is 42.4 Å². The SMILES string of the molecule is CC(O)C1CCN(CCCOc2cccc(Cl)c2)CC1. The van der Waals surface area contributed by atoms with E-state index in [0.717, 1.165) is 51.3 Å². The van der Waals surface area contributed by atoms with Gasteiger partial charge >= 0.3 is 0 Å². The van der Waals surface area contributed by atoms with Gasteiger partial charge in [-0.2, -0.15) is 0 Å². The summed E-state index contributed by atoms with van der Waals surface area (Å²) in [5.41, 5.74) is 0. The topological polar surface area (TPSA) is 32.7 Å².